The Hall–Kier alpha value is -1.44. The average molecular weight is 265 g/mol. The summed E-state index contributed by atoms with van der Waals surface area (Å²) < 4.78 is 0. The zero-order valence-corrected chi connectivity index (χ0v) is 10.4. The minimum atomic E-state index is -0.310. The third-order valence-electron chi connectivity index (χ3n) is 2.65. The number of halogens is 1. The van der Waals surface area contributed by atoms with Crippen LogP contribution in [0.15, 0.2) is 34.9 Å². The summed E-state index contributed by atoms with van der Waals surface area (Å²) in [7, 11) is 0. The highest BCUT2D eigenvalue weighted by atomic mass is 35.5. The van der Waals surface area contributed by atoms with E-state index in [0.29, 0.717) is 15.6 Å². The van der Waals surface area contributed by atoms with Crippen molar-refractivity contribution in [3.05, 3.63) is 45.5 Å². The number of allylic oxidation sites excluding steroid dienone is 1. The topological polar surface area (TPSA) is 52.9 Å². The van der Waals surface area contributed by atoms with E-state index in [9.17, 15) is 4.79 Å². The number of rotatable bonds is 1. The number of benzene rings is 1. The molecule has 1 heterocycles. The van der Waals surface area contributed by atoms with Gasteiger partial charge in [-0.2, -0.15) is 5.26 Å². The van der Waals surface area contributed by atoms with Crippen molar-refractivity contribution in [2.45, 2.75) is 12.3 Å². The van der Waals surface area contributed by atoms with E-state index in [2.05, 4.69) is 24.0 Å². The van der Waals surface area contributed by atoms with Crippen LogP contribution in [0.4, 0.5) is 0 Å². The number of amides is 1. The lowest BCUT2D eigenvalue weighted by Crippen LogP contribution is -2.30. The fourth-order valence-corrected chi connectivity index (χ4v) is 2.45. The zero-order valence-electron chi connectivity index (χ0n) is 8.77. The molecule has 0 saturated heterocycles. The Labute approximate surface area is 109 Å². The van der Waals surface area contributed by atoms with E-state index in [1.54, 1.807) is 6.07 Å². The molecule has 1 amide bonds. The SMILES string of the molecule is N#CC1=C(S)NC(=O)C[C@@H]1c1ccccc1Cl. The molecule has 3 nitrogen and oxygen atoms in total. The van der Waals surface area contributed by atoms with E-state index in [-0.39, 0.29) is 18.2 Å². The lowest BCUT2D eigenvalue weighted by atomic mass is 9.87. The minimum absolute atomic E-state index is 0.154. The van der Waals surface area contributed by atoms with Crippen molar-refractivity contribution in [1.82, 2.24) is 5.32 Å². The lowest BCUT2D eigenvalue weighted by Gasteiger charge is -2.23. The van der Waals surface area contributed by atoms with Crippen molar-refractivity contribution in [2.24, 2.45) is 0 Å². The second kappa shape index (κ2) is 4.82. The third kappa shape index (κ3) is 2.31. The molecular formula is C12H9ClN2OS. The maximum Gasteiger partial charge on any atom is 0.225 e. The number of nitriles is 1. The Morgan fingerprint density at radius 2 is 2.18 bits per heavy atom. The minimum Gasteiger partial charge on any atom is -0.320 e. The lowest BCUT2D eigenvalue weighted by molar-refractivity contribution is -0.120. The van der Waals surface area contributed by atoms with Crippen molar-refractivity contribution in [3.8, 4) is 6.07 Å². The van der Waals surface area contributed by atoms with Crippen LogP contribution >= 0.6 is 24.2 Å². The number of carbonyl (C=O) groups is 1. The van der Waals surface area contributed by atoms with Crippen molar-refractivity contribution in [1.29, 1.82) is 5.26 Å². The van der Waals surface area contributed by atoms with Gasteiger partial charge in [-0.3, -0.25) is 4.79 Å². The first-order valence-electron chi connectivity index (χ1n) is 5.01. The second-order valence-electron chi connectivity index (χ2n) is 3.70. The van der Waals surface area contributed by atoms with Gasteiger partial charge in [-0.25, -0.2) is 0 Å². The highest BCUT2D eigenvalue weighted by Crippen LogP contribution is 2.36. The fraction of sp³-hybridized carbons (Fsp3) is 0.167. The molecule has 0 radical (unpaired) electrons. The molecule has 0 unspecified atom stereocenters. The van der Waals surface area contributed by atoms with E-state index >= 15 is 0 Å². The van der Waals surface area contributed by atoms with E-state index < -0.39 is 0 Å². The Morgan fingerprint density at radius 3 is 2.82 bits per heavy atom. The van der Waals surface area contributed by atoms with Crippen molar-refractivity contribution < 1.29 is 4.79 Å². The number of hydrogen-bond donors (Lipinski definition) is 2. The van der Waals surface area contributed by atoms with Gasteiger partial charge in [-0.05, 0) is 11.6 Å². The van der Waals surface area contributed by atoms with Crippen LogP contribution in [-0.4, -0.2) is 5.91 Å². The molecule has 1 aromatic rings. The smallest absolute Gasteiger partial charge is 0.225 e. The molecule has 0 aliphatic carbocycles. The Kier molecular flexibility index (Phi) is 3.41. The first-order valence-corrected chi connectivity index (χ1v) is 5.83. The van der Waals surface area contributed by atoms with Gasteiger partial charge in [0, 0.05) is 17.4 Å². The van der Waals surface area contributed by atoms with Crippen LogP contribution in [0, 0.1) is 11.3 Å². The monoisotopic (exact) mass is 264 g/mol. The average Bonchev–Trinajstić information content (AvgIpc) is 2.28. The summed E-state index contributed by atoms with van der Waals surface area (Å²) in [6.45, 7) is 0. The number of thiol groups is 1. The summed E-state index contributed by atoms with van der Waals surface area (Å²) in [5.74, 6) is -0.464. The Morgan fingerprint density at radius 1 is 1.47 bits per heavy atom. The molecule has 0 saturated carbocycles. The van der Waals surface area contributed by atoms with Gasteiger partial charge in [-0.1, -0.05) is 29.8 Å². The van der Waals surface area contributed by atoms with Crippen molar-refractivity contribution in [3.63, 3.8) is 0 Å². The van der Waals surface area contributed by atoms with Crippen LogP contribution in [-0.2, 0) is 4.79 Å². The highest BCUT2D eigenvalue weighted by Gasteiger charge is 2.29. The largest absolute Gasteiger partial charge is 0.320 e. The molecule has 1 aliphatic heterocycles. The van der Waals surface area contributed by atoms with Gasteiger partial charge in [-0.15, -0.1) is 12.6 Å². The van der Waals surface area contributed by atoms with Gasteiger partial charge < -0.3 is 5.32 Å². The quantitative estimate of drug-likeness (QED) is 0.766. The normalized spacial score (nSPS) is 19.8. The van der Waals surface area contributed by atoms with Gasteiger partial charge >= 0.3 is 0 Å². The molecule has 5 heteroatoms. The summed E-state index contributed by atoms with van der Waals surface area (Å²) in [6, 6.07) is 9.30. The molecule has 17 heavy (non-hydrogen) atoms. The molecule has 1 aromatic carbocycles. The second-order valence-corrected chi connectivity index (χ2v) is 4.55. The number of hydrogen-bond acceptors (Lipinski definition) is 3. The zero-order chi connectivity index (χ0) is 12.4. The predicted octanol–water partition coefficient (Wildman–Crippen LogP) is 2.61. The summed E-state index contributed by atoms with van der Waals surface area (Å²) in [4.78, 5) is 11.5. The summed E-state index contributed by atoms with van der Waals surface area (Å²) in [5, 5.41) is 12.5. The number of carbonyl (C=O) groups excluding carboxylic acids is 1. The highest BCUT2D eigenvalue weighted by molar-refractivity contribution is 7.84. The standard InChI is InChI=1S/C12H9ClN2OS/c13-10-4-2-1-3-7(10)8-5-11(16)15-12(17)9(8)6-14/h1-4,8,17H,5H2,(H,15,16)/t8-/m1/s1. The summed E-state index contributed by atoms with van der Waals surface area (Å²) in [5.41, 5.74) is 1.23. The first-order chi connectivity index (χ1) is 8.13. The van der Waals surface area contributed by atoms with Crippen LogP contribution in [0.3, 0.4) is 0 Å². The Bertz CT molecular complexity index is 548. The van der Waals surface area contributed by atoms with Crippen molar-refractivity contribution >= 4 is 30.1 Å². The molecule has 1 aliphatic rings. The summed E-state index contributed by atoms with van der Waals surface area (Å²) in [6.07, 6.45) is 0.219. The van der Waals surface area contributed by atoms with Crippen LogP contribution in [0.5, 0.6) is 0 Å². The van der Waals surface area contributed by atoms with E-state index in [1.807, 2.05) is 18.2 Å². The number of nitrogens with zero attached hydrogens (tertiary/aromatic N) is 1. The van der Waals surface area contributed by atoms with Gasteiger partial charge in [0.2, 0.25) is 5.91 Å². The first kappa shape index (κ1) is 12.0. The van der Waals surface area contributed by atoms with Gasteiger partial charge in [0.15, 0.2) is 0 Å². The van der Waals surface area contributed by atoms with Crippen molar-refractivity contribution in [2.75, 3.05) is 0 Å². The molecular weight excluding hydrogens is 256 g/mol. The molecule has 0 spiro atoms. The Balaban J connectivity index is 2.51. The maximum absolute atomic E-state index is 11.5. The molecule has 0 aromatic heterocycles. The van der Waals surface area contributed by atoms with E-state index in [4.69, 9.17) is 16.9 Å². The van der Waals surface area contributed by atoms with Crippen LogP contribution in [0.1, 0.15) is 17.9 Å². The van der Waals surface area contributed by atoms with Gasteiger partial charge in [0.25, 0.3) is 0 Å². The molecule has 86 valence electrons. The fourth-order valence-electron chi connectivity index (χ4n) is 1.86. The molecule has 1 N–H and O–H groups in total. The molecule has 0 bridgehead atoms. The third-order valence-corrected chi connectivity index (χ3v) is 3.35. The molecule has 0 fully saturated rings. The van der Waals surface area contributed by atoms with Gasteiger partial charge in [0.1, 0.15) is 0 Å². The predicted molar refractivity (Wildman–Crippen MR) is 68.6 cm³/mol. The maximum atomic E-state index is 11.5. The van der Waals surface area contributed by atoms with Gasteiger partial charge in [0.05, 0.1) is 16.7 Å². The van der Waals surface area contributed by atoms with Crippen LogP contribution in [0.25, 0.3) is 0 Å². The van der Waals surface area contributed by atoms with E-state index in [0.717, 1.165) is 5.56 Å². The molecule has 2 rings (SSSR count). The molecule has 1 atom stereocenters. The van der Waals surface area contributed by atoms with Crippen LogP contribution < -0.4 is 5.32 Å². The van der Waals surface area contributed by atoms with Crippen LogP contribution in [0.2, 0.25) is 5.02 Å². The number of nitrogens with one attached hydrogen (secondary N) is 1. The summed E-state index contributed by atoms with van der Waals surface area (Å²) >= 11 is 10.2. The van der Waals surface area contributed by atoms with E-state index in [1.165, 1.54) is 0 Å².